The van der Waals surface area contributed by atoms with Crippen molar-refractivity contribution in [1.82, 2.24) is 4.98 Å². The van der Waals surface area contributed by atoms with Gasteiger partial charge in [-0.25, -0.2) is 13.6 Å². The van der Waals surface area contributed by atoms with Crippen molar-refractivity contribution in [3.8, 4) is 11.1 Å². The molecule has 0 fully saturated rings. The van der Waals surface area contributed by atoms with E-state index in [2.05, 4.69) is 15.5 Å². The molecule has 0 spiro atoms. The highest BCUT2D eigenvalue weighted by molar-refractivity contribution is 6.09. The molecule has 2 N–H and O–H groups in total. The molecule has 1 aliphatic rings. The predicted molar refractivity (Wildman–Crippen MR) is 124 cm³/mol. The molecule has 4 rings (SSSR count). The Hall–Kier alpha value is -3.42. The molecule has 3 aromatic rings. The second kappa shape index (κ2) is 7.86. The fraction of sp³-hybridized carbons (Fsp3) is 0.360. The number of methoxy groups -OCH3 is 1. The number of carbonyl (C=O) groups excluding carboxylic acids is 1. The van der Waals surface area contributed by atoms with Gasteiger partial charge in [-0.15, -0.1) is 0 Å². The van der Waals surface area contributed by atoms with Crippen LogP contribution in [0.4, 0.5) is 14.5 Å². The van der Waals surface area contributed by atoms with Gasteiger partial charge in [0.15, 0.2) is 0 Å². The molecule has 2 heterocycles. The SMILES string of the molecule is COC(=O)C(C)(C)O/N=C1\CC(C)(C)Nc2cc(F)c(-c3cccc4c(C)c[nH]c34)c(F)c21. The van der Waals surface area contributed by atoms with Gasteiger partial charge in [0.1, 0.15) is 11.6 Å². The maximum absolute atomic E-state index is 16.1. The van der Waals surface area contributed by atoms with Crippen LogP contribution in [0.5, 0.6) is 0 Å². The van der Waals surface area contributed by atoms with Crippen LogP contribution < -0.4 is 5.32 Å². The van der Waals surface area contributed by atoms with Crippen LogP contribution in [0.1, 0.15) is 45.2 Å². The van der Waals surface area contributed by atoms with E-state index in [-0.39, 0.29) is 22.5 Å². The monoisotopic (exact) mass is 455 g/mol. The number of oxime groups is 1. The van der Waals surface area contributed by atoms with Crippen LogP contribution in [0.2, 0.25) is 0 Å². The summed E-state index contributed by atoms with van der Waals surface area (Å²) in [4.78, 5) is 20.6. The number of carbonyl (C=O) groups is 1. The Morgan fingerprint density at radius 3 is 2.64 bits per heavy atom. The summed E-state index contributed by atoms with van der Waals surface area (Å²) in [6.45, 7) is 8.74. The van der Waals surface area contributed by atoms with Gasteiger partial charge in [0, 0.05) is 34.8 Å². The van der Waals surface area contributed by atoms with Crippen LogP contribution in [-0.2, 0) is 14.4 Å². The lowest BCUT2D eigenvalue weighted by Gasteiger charge is -2.35. The molecule has 1 aromatic heterocycles. The number of hydrogen-bond donors (Lipinski definition) is 2. The molecule has 174 valence electrons. The number of aromatic nitrogens is 1. The molecular weight excluding hydrogens is 428 g/mol. The van der Waals surface area contributed by atoms with Gasteiger partial charge in [-0.3, -0.25) is 0 Å². The maximum Gasteiger partial charge on any atom is 0.352 e. The molecule has 2 aromatic carbocycles. The molecule has 1 aliphatic heterocycles. The summed E-state index contributed by atoms with van der Waals surface area (Å²) in [7, 11) is 1.25. The minimum atomic E-state index is -1.37. The molecule has 0 bridgehead atoms. The van der Waals surface area contributed by atoms with Gasteiger partial charge in [0.05, 0.1) is 29.5 Å². The molecule has 0 atom stereocenters. The number of rotatable bonds is 4. The molecule has 0 saturated heterocycles. The minimum Gasteiger partial charge on any atom is -0.466 e. The van der Waals surface area contributed by atoms with E-state index in [1.807, 2.05) is 33.0 Å². The lowest BCUT2D eigenvalue weighted by Crippen LogP contribution is -2.40. The van der Waals surface area contributed by atoms with E-state index < -0.39 is 28.7 Å². The average molecular weight is 456 g/mol. The molecule has 0 unspecified atom stereocenters. The largest absolute Gasteiger partial charge is 0.466 e. The van der Waals surface area contributed by atoms with E-state index in [9.17, 15) is 4.79 Å². The lowest BCUT2D eigenvalue weighted by molar-refractivity contribution is -0.165. The van der Waals surface area contributed by atoms with E-state index >= 15 is 8.78 Å². The number of nitrogens with one attached hydrogen (secondary N) is 2. The van der Waals surface area contributed by atoms with E-state index in [0.29, 0.717) is 17.5 Å². The van der Waals surface area contributed by atoms with Crippen LogP contribution in [0.3, 0.4) is 0 Å². The van der Waals surface area contributed by atoms with Crippen molar-refractivity contribution >= 4 is 28.3 Å². The van der Waals surface area contributed by atoms with E-state index in [0.717, 1.165) is 10.9 Å². The number of anilines is 1. The number of benzene rings is 2. The standard InChI is InChI=1S/C25H27F2N3O3/c1-13-12-28-22-14(13)8-7-9-15(22)19-16(26)10-17-20(21(19)27)18(11-24(2,3)29-17)30-33-25(4,5)23(31)32-6/h7-10,12,28-29H,11H2,1-6H3/b30-18+. The molecule has 6 nitrogen and oxygen atoms in total. The Morgan fingerprint density at radius 2 is 1.94 bits per heavy atom. The highest BCUT2D eigenvalue weighted by atomic mass is 19.1. The quantitative estimate of drug-likeness (QED) is 0.392. The fourth-order valence-corrected chi connectivity index (χ4v) is 4.20. The third kappa shape index (κ3) is 3.94. The number of aryl methyl sites for hydroxylation is 1. The van der Waals surface area contributed by atoms with E-state index in [4.69, 9.17) is 9.57 Å². The Bertz CT molecular complexity index is 1290. The first-order chi connectivity index (χ1) is 15.4. The first-order valence-electron chi connectivity index (χ1n) is 10.7. The van der Waals surface area contributed by atoms with Gasteiger partial charge < -0.3 is 19.9 Å². The number of halogens is 2. The van der Waals surface area contributed by atoms with Gasteiger partial charge in [-0.1, -0.05) is 23.4 Å². The van der Waals surface area contributed by atoms with Crippen LogP contribution >= 0.6 is 0 Å². The van der Waals surface area contributed by atoms with E-state index in [1.54, 1.807) is 12.1 Å². The number of H-pyrrole nitrogens is 1. The first kappa shape index (κ1) is 22.8. The van der Waals surface area contributed by atoms with Gasteiger partial charge in [0.25, 0.3) is 0 Å². The zero-order valence-electron chi connectivity index (χ0n) is 19.5. The van der Waals surface area contributed by atoms with Crippen molar-refractivity contribution in [2.45, 2.75) is 52.2 Å². The van der Waals surface area contributed by atoms with E-state index in [1.165, 1.54) is 27.0 Å². The molecule has 33 heavy (non-hydrogen) atoms. The molecule has 0 amide bonds. The Kier molecular flexibility index (Phi) is 5.42. The summed E-state index contributed by atoms with van der Waals surface area (Å²) in [5.41, 5.74) is 0.656. The number of esters is 1. The van der Waals surface area contributed by atoms with Gasteiger partial charge in [-0.05, 0) is 46.2 Å². The van der Waals surface area contributed by atoms with Crippen LogP contribution in [0, 0.1) is 18.6 Å². The molecule has 0 radical (unpaired) electrons. The van der Waals surface area contributed by atoms with Crippen LogP contribution in [0.15, 0.2) is 35.6 Å². The summed E-state index contributed by atoms with van der Waals surface area (Å²) in [6, 6.07) is 6.64. The second-order valence-electron chi connectivity index (χ2n) is 9.49. The molecular formula is C25H27F2N3O3. The van der Waals surface area contributed by atoms with Crippen LogP contribution in [0.25, 0.3) is 22.0 Å². The number of nitrogens with zero attached hydrogens (tertiary/aromatic N) is 1. The summed E-state index contributed by atoms with van der Waals surface area (Å²) < 4.78 is 36.2. The zero-order valence-corrected chi connectivity index (χ0v) is 19.5. The summed E-state index contributed by atoms with van der Waals surface area (Å²) in [5.74, 6) is -2.05. The smallest absolute Gasteiger partial charge is 0.352 e. The van der Waals surface area contributed by atoms with Crippen molar-refractivity contribution in [2.75, 3.05) is 12.4 Å². The summed E-state index contributed by atoms with van der Waals surface area (Å²) in [5, 5.41) is 8.23. The highest BCUT2D eigenvalue weighted by Gasteiger charge is 2.36. The first-order valence-corrected chi connectivity index (χ1v) is 10.7. The second-order valence-corrected chi connectivity index (χ2v) is 9.49. The van der Waals surface area contributed by atoms with Gasteiger partial charge in [-0.2, -0.15) is 0 Å². The number of aromatic amines is 1. The highest BCUT2D eigenvalue weighted by Crippen LogP contribution is 2.41. The Balaban J connectivity index is 1.91. The summed E-state index contributed by atoms with van der Waals surface area (Å²) in [6.07, 6.45) is 2.10. The summed E-state index contributed by atoms with van der Waals surface area (Å²) >= 11 is 0. The zero-order chi connectivity index (χ0) is 24.1. The van der Waals surface area contributed by atoms with Crippen molar-refractivity contribution in [3.05, 3.63) is 53.2 Å². The third-order valence-electron chi connectivity index (χ3n) is 5.84. The van der Waals surface area contributed by atoms with Crippen LogP contribution in [-0.4, -0.2) is 34.9 Å². The number of fused-ring (bicyclic) bond motifs is 2. The predicted octanol–water partition coefficient (Wildman–Crippen LogP) is 5.69. The van der Waals surface area contributed by atoms with Crippen molar-refractivity contribution in [3.63, 3.8) is 0 Å². The lowest BCUT2D eigenvalue weighted by atomic mass is 9.85. The third-order valence-corrected chi connectivity index (χ3v) is 5.84. The van der Waals surface area contributed by atoms with Crippen molar-refractivity contribution in [2.24, 2.45) is 5.16 Å². The van der Waals surface area contributed by atoms with Gasteiger partial charge in [0.2, 0.25) is 5.60 Å². The fourth-order valence-electron chi connectivity index (χ4n) is 4.20. The van der Waals surface area contributed by atoms with Gasteiger partial charge >= 0.3 is 5.97 Å². The molecule has 0 saturated carbocycles. The molecule has 8 heteroatoms. The average Bonchev–Trinajstić information content (AvgIpc) is 3.12. The minimum absolute atomic E-state index is 0.117. The topological polar surface area (TPSA) is 75.7 Å². The molecule has 0 aliphatic carbocycles. The normalized spacial score (nSPS) is 16.4. The van der Waals surface area contributed by atoms with Crippen molar-refractivity contribution in [1.29, 1.82) is 0 Å². The number of ether oxygens (including phenoxy) is 1. The Morgan fingerprint density at radius 1 is 1.21 bits per heavy atom. The number of hydrogen-bond acceptors (Lipinski definition) is 5. The number of para-hydroxylation sites is 1. The van der Waals surface area contributed by atoms with Crippen molar-refractivity contribution < 1.29 is 23.1 Å². The Labute approximate surface area is 191 Å². The maximum atomic E-state index is 16.1.